The number of nitrogens with one attached hydrogen (secondary N) is 1. The molecule has 2 heterocycles. The number of anilines is 1. The van der Waals surface area contributed by atoms with E-state index in [0.717, 1.165) is 0 Å². The zero-order valence-corrected chi connectivity index (χ0v) is 7.28. The van der Waals surface area contributed by atoms with Crippen LogP contribution in [0.5, 0.6) is 5.75 Å². The van der Waals surface area contributed by atoms with Gasteiger partial charge in [0.2, 0.25) is 0 Å². The fourth-order valence-corrected chi connectivity index (χ4v) is 1.25. The number of aromatic nitrogens is 1. The molecule has 0 radical (unpaired) electrons. The van der Waals surface area contributed by atoms with Crippen LogP contribution in [0.1, 0.15) is 13.3 Å². The average molecular weight is 178 g/mol. The molecule has 13 heavy (non-hydrogen) atoms. The quantitative estimate of drug-likeness (QED) is 0.702. The first-order valence-corrected chi connectivity index (χ1v) is 4.24. The Balaban J connectivity index is 2.33. The van der Waals surface area contributed by atoms with Gasteiger partial charge in [0.05, 0.1) is 0 Å². The third kappa shape index (κ3) is 1.35. The molecule has 1 aliphatic heterocycles. The first-order chi connectivity index (χ1) is 6.31. The fraction of sp³-hybridized carbons (Fsp3) is 0.333. The average Bonchev–Trinajstić information content (AvgIpc) is 2.17. The summed E-state index contributed by atoms with van der Waals surface area (Å²) >= 11 is 0. The summed E-state index contributed by atoms with van der Waals surface area (Å²) in [7, 11) is 0. The van der Waals surface area contributed by atoms with E-state index in [4.69, 9.17) is 4.74 Å². The second-order valence-corrected chi connectivity index (χ2v) is 2.85. The molecule has 0 bridgehead atoms. The fourth-order valence-electron chi connectivity index (χ4n) is 1.25. The van der Waals surface area contributed by atoms with Crippen molar-refractivity contribution < 1.29 is 9.53 Å². The van der Waals surface area contributed by atoms with Crippen molar-refractivity contribution in [2.75, 3.05) is 5.32 Å². The van der Waals surface area contributed by atoms with E-state index in [1.54, 1.807) is 18.3 Å². The van der Waals surface area contributed by atoms with Crippen LogP contribution in [0.15, 0.2) is 18.3 Å². The number of fused-ring (bicyclic) bond motifs is 1. The maximum absolute atomic E-state index is 11.3. The lowest BCUT2D eigenvalue weighted by Gasteiger charge is -2.23. The van der Waals surface area contributed by atoms with Gasteiger partial charge in [0.25, 0.3) is 5.91 Å². The second-order valence-electron chi connectivity index (χ2n) is 2.85. The number of carbonyl (C=O) groups is 1. The molecule has 4 nitrogen and oxygen atoms in total. The molecule has 68 valence electrons. The van der Waals surface area contributed by atoms with E-state index < -0.39 is 0 Å². The SMILES string of the molecule is CCC1Oc2cccnc2NC1=O. The van der Waals surface area contributed by atoms with Crippen molar-refractivity contribution >= 4 is 11.7 Å². The largest absolute Gasteiger partial charge is 0.477 e. The van der Waals surface area contributed by atoms with Crippen LogP contribution >= 0.6 is 0 Å². The molecule has 0 spiro atoms. The lowest BCUT2D eigenvalue weighted by molar-refractivity contribution is -0.123. The maximum atomic E-state index is 11.3. The van der Waals surface area contributed by atoms with Gasteiger partial charge in [-0.2, -0.15) is 0 Å². The number of nitrogens with zero attached hydrogens (tertiary/aromatic N) is 1. The summed E-state index contributed by atoms with van der Waals surface area (Å²) in [5, 5.41) is 2.69. The zero-order valence-electron chi connectivity index (χ0n) is 7.28. The maximum Gasteiger partial charge on any atom is 0.266 e. The van der Waals surface area contributed by atoms with Crippen LogP contribution in [0.2, 0.25) is 0 Å². The molecule has 1 aliphatic rings. The Kier molecular flexibility index (Phi) is 1.88. The molecule has 1 unspecified atom stereocenters. The molecule has 4 heteroatoms. The molecule has 0 saturated carbocycles. The third-order valence-electron chi connectivity index (χ3n) is 1.94. The van der Waals surface area contributed by atoms with Crippen molar-refractivity contribution in [1.29, 1.82) is 0 Å². The predicted octanol–water partition coefficient (Wildman–Crippen LogP) is 1.19. The van der Waals surface area contributed by atoms with Crippen molar-refractivity contribution in [2.24, 2.45) is 0 Å². The number of carbonyl (C=O) groups excluding carboxylic acids is 1. The Bertz CT molecular complexity index is 338. The highest BCUT2D eigenvalue weighted by molar-refractivity contribution is 5.96. The van der Waals surface area contributed by atoms with Crippen LogP contribution in [-0.4, -0.2) is 17.0 Å². The lowest BCUT2D eigenvalue weighted by atomic mass is 10.2. The first kappa shape index (κ1) is 8.04. The lowest BCUT2D eigenvalue weighted by Crippen LogP contribution is -2.36. The summed E-state index contributed by atoms with van der Waals surface area (Å²) in [6, 6.07) is 3.58. The second kappa shape index (κ2) is 3.05. The summed E-state index contributed by atoms with van der Waals surface area (Å²) in [6.45, 7) is 1.91. The molecule has 0 aromatic carbocycles. The number of amides is 1. The third-order valence-corrected chi connectivity index (χ3v) is 1.94. The van der Waals surface area contributed by atoms with Crippen molar-refractivity contribution in [1.82, 2.24) is 4.98 Å². The summed E-state index contributed by atoms with van der Waals surface area (Å²) in [4.78, 5) is 15.3. The van der Waals surface area contributed by atoms with Gasteiger partial charge < -0.3 is 10.1 Å². The molecule has 2 rings (SSSR count). The van der Waals surface area contributed by atoms with E-state index in [-0.39, 0.29) is 12.0 Å². The molecular weight excluding hydrogens is 168 g/mol. The Labute approximate surface area is 75.9 Å². The van der Waals surface area contributed by atoms with Gasteiger partial charge in [-0.15, -0.1) is 0 Å². The highest BCUT2D eigenvalue weighted by Crippen LogP contribution is 2.26. The van der Waals surface area contributed by atoms with Gasteiger partial charge in [-0.25, -0.2) is 4.98 Å². The molecule has 0 aliphatic carbocycles. The monoisotopic (exact) mass is 178 g/mol. The first-order valence-electron chi connectivity index (χ1n) is 4.24. The summed E-state index contributed by atoms with van der Waals surface area (Å²) in [5.74, 6) is 1.04. The van der Waals surface area contributed by atoms with Crippen molar-refractivity contribution in [3.63, 3.8) is 0 Å². The van der Waals surface area contributed by atoms with Crippen molar-refractivity contribution in [3.8, 4) is 5.75 Å². The van der Waals surface area contributed by atoms with Crippen molar-refractivity contribution in [2.45, 2.75) is 19.4 Å². The van der Waals surface area contributed by atoms with E-state index in [1.807, 2.05) is 6.92 Å². The van der Waals surface area contributed by atoms with E-state index >= 15 is 0 Å². The zero-order chi connectivity index (χ0) is 9.26. The van der Waals surface area contributed by atoms with Crippen LogP contribution in [0.4, 0.5) is 5.82 Å². The molecule has 1 amide bonds. The standard InChI is InChI=1S/C9H10N2O2/c1-2-6-9(12)11-8-7(13-6)4-3-5-10-8/h3-6H,2H2,1H3,(H,10,11,12). The number of hydrogen-bond donors (Lipinski definition) is 1. The molecule has 0 saturated heterocycles. The van der Waals surface area contributed by atoms with Crippen LogP contribution < -0.4 is 10.1 Å². The molecule has 1 aromatic heterocycles. The molecule has 0 fully saturated rings. The van der Waals surface area contributed by atoms with Gasteiger partial charge in [-0.3, -0.25) is 4.79 Å². The summed E-state index contributed by atoms with van der Waals surface area (Å²) in [6.07, 6.45) is 1.91. The highest BCUT2D eigenvalue weighted by Gasteiger charge is 2.26. The summed E-state index contributed by atoms with van der Waals surface area (Å²) < 4.78 is 5.42. The molecular formula is C9H10N2O2. The van der Waals surface area contributed by atoms with E-state index in [1.165, 1.54) is 0 Å². The van der Waals surface area contributed by atoms with E-state index in [2.05, 4.69) is 10.3 Å². The minimum absolute atomic E-state index is 0.117. The number of pyridine rings is 1. The number of ether oxygens (including phenoxy) is 1. The van der Waals surface area contributed by atoms with E-state index in [0.29, 0.717) is 18.0 Å². The smallest absolute Gasteiger partial charge is 0.266 e. The van der Waals surface area contributed by atoms with Crippen molar-refractivity contribution in [3.05, 3.63) is 18.3 Å². The van der Waals surface area contributed by atoms with Gasteiger partial charge >= 0.3 is 0 Å². The Morgan fingerprint density at radius 3 is 3.31 bits per heavy atom. The molecule has 1 atom stereocenters. The predicted molar refractivity (Wildman–Crippen MR) is 47.6 cm³/mol. The van der Waals surface area contributed by atoms with Gasteiger partial charge in [-0.1, -0.05) is 6.92 Å². The van der Waals surface area contributed by atoms with Crippen LogP contribution in [0.3, 0.4) is 0 Å². The van der Waals surface area contributed by atoms with Crippen LogP contribution in [0, 0.1) is 0 Å². The van der Waals surface area contributed by atoms with Gasteiger partial charge in [0, 0.05) is 6.20 Å². The minimum Gasteiger partial charge on any atom is -0.477 e. The normalized spacial score (nSPS) is 20.1. The topological polar surface area (TPSA) is 51.2 Å². The summed E-state index contributed by atoms with van der Waals surface area (Å²) in [5.41, 5.74) is 0. The van der Waals surface area contributed by atoms with Gasteiger partial charge in [-0.05, 0) is 18.6 Å². The Morgan fingerprint density at radius 1 is 1.69 bits per heavy atom. The Morgan fingerprint density at radius 2 is 2.54 bits per heavy atom. The van der Waals surface area contributed by atoms with Gasteiger partial charge in [0.1, 0.15) is 0 Å². The number of rotatable bonds is 1. The highest BCUT2D eigenvalue weighted by atomic mass is 16.5. The molecule has 1 N–H and O–H groups in total. The Hall–Kier alpha value is -1.58. The van der Waals surface area contributed by atoms with Crippen LogP contribution in [0.25, 0.3) is 0 Å². The van der Waals surface area contributed by atoms with Crippen LogP contribution in [-0.2, 0) is 4.79 Å². The van der Waals surface area contributed by atoms with E-state index in [9.17, 15) is 4.79 Å². The van der Waals surface area contributed by atoms with Gasteiger partial charge in [0.15, 0.2) is 17.7 Å². The molecule has 1 aromatic rings. The minimum atomic E-state index is -0.378. The number of hydrogen-bond acceptors (Lipinski definition) is 3.